The molecule has 0 radical (unpaired) electrons. The number of hydrogen-bond acceptors (Lipinski definition) is 4. The number of rotatable bonds is 9. The monoisotopic (exact) mass is 469 g/mol. The van der Waals surface area contributed by atoms with E-state index >= 15 is 0 Å². The van der Waals surface area contributed by atoms with Crippen LogP contribution in [0.4, 0.5) is 0 Å². The number of imide groups is 1. The fraction of sp³-hybridized carbons (Fsp3) is 0.214. The second-order valence-corrected chi connectivity index (χ2v) is 8.50. The largest absolute Gasteiger partial charge is 0.352 e. The first-order chi connectivity index (χ1) is 17.0. The molecular weight excluding hydrogens is 442 g/mol. The molecule has 178 valence electrons. The van der Waals surface area contributed by atoms with E-state index in [0.717, 1.165) is 21.6 Å². The fourth-order valence-electron chi connectivity index (χ4n) is 4.18. The van der Waals surface area contributed by atoms with Gasteiger partial charge in [-0.15, -0.1) is 0 Å². The van der Waals surface area contributed by atoms with Crippen LogP contribution in [0.25, 0.3) is 0 Å². The van der Waals surface area contributed by atoms with E-state index in [2.05, 4.69) is 10.6 Å². The molecule has 4 amide bonds. The Balaban J connectivity index is 1.48. The average Bonchev–Trinajstić information content (AvgIpc) is 3.12. The molecule has 4 rings (SSSR count). The van der Waals surface area contributed by atoms with Gasteiger partial charge in [0.1, 0.15) is 5.92 Å². The first-order valence-electron chi connectivity index (χ1n) is 11.5. The Morgan fingerprint density at radius 2 is 1.14 bits per heavy atom. The van der Waals surface area contributed by atoms with Gasteiger partial charge in [-0.1, -0.05) is 91.0 Å². The van der Waals surface area contributed by atoms with Gasteiger partial charge < -0.3 is 10.6 Å². The molecule has 2 N–H and O–H groups in total. The zero-order valence-corrected chi connectivity index (χ0v) is 19.2. The van der Waals surface area contributed by atoms with Crippen molar-refractivity contribution >= 4 is 23.6 Å². The highest BCUT2D eigenvalue weighted by Crippen LogP contribution is 2.31. The highest BCUT2D eigenvalue weighted by molar-refractivity contribution is 6.15. The van der Waals surface area contributed by atoms with E-state index in [1.165, 1.54) is 0 Å². The highest BCUT2D eigenvalue weighted by Gasteiger charge is 2.51. The molecule has 0 bridgehead atoms. The molecular formula is C28H27N3O4. The van der Waals surface area contributed by atoms with Crippen molar-refractivity contribution in [3.63, 3.8) is 0 Å². The van der Waals surface area contributed by atoms with Crippen LogP contribution in [0, 0.1) is 11.8 Å². The Bertz CT molecular complexity index is 1180. The van der Waals surface area contributed by atoms with Gasteiger partial charge in [-0.05, 0) is 16.7 Å². The third kappa shape index (κ3) is 6.00. The molecule has 0 saturated carbocycles. The minimum atomic E-state index is -1.25. The summed E-state index contributed by atoms with van der Waals surface area (Å²) < 4.78 is 0. The van der Waals surface area contributed by atoms with Gasteiger partial charge in [-0.3, -0.25) is 24.1 Å². The number of nitrogens with zero attached hydrogens (tertiary/aromatic N) is 1. The van der Waals surface area contributed by atoms with Crippen molar-refractivity contribution < 1.29 is 19.2 Å². The third-order valence-electron chi connectivity index (χ3n) is 6.03. The minimum Gasteiger partial charge on any atom is -0.352 e. The van der Waals surface area contributed by atoms with Crippen LogP contribution in [-0.4, -0.2) is 28.5 Å². The van der Waals surface area contributed by atoms with Crippen molar-refractivity contribution in [2.24, 2.45) is 11.8 Å². The summed E-state index contributed by atoms with van der Waals surface area (Å²) >= 11 is 0. The lowest BCUT2D eigenvalue weighted by Crippen LogP contribution is -2.39. The zero-order chi connectivity index (χ0) is 24.6. The maximum absolute atomic E-state index is 13.3. The Kier molecular flexibility index (Phi) is 7.67. The molecule has 0 aromatic heterocycles. The van der Waals surface area contributed by atoms with Crippen LogP contribution in [0.3, 0.4) is 0 Å². The molecule has 35 heavy (non-hydrogen) atoms. The van der Waals surface area contributed by atoms with Crippen molar-refractivity contribution in [2.75, 3.05) is 0 Å². The number of hydrogen-bond donors (Lipinski definition) is 2. The average molecular weight is 470 g/mol. The Labute approximate surface area is 204 Å². The van der Waals surface area contributed by atoms with E-state index in [9.17, 15) is 19.2 Å². The lowest BCUT2D eigenvalue weighted by Gasteiger charge is -2.15. The molecule has 1 aliphatic heterocycles. The zero-order valence-electron chi connectivity index (χ0n) is 19.2. The van der Waals surface area contributed by atoms with E-state index in [4.69, 9.17) is 0 Å². The van der Waals surface area contributed by atoms with Gasteiger partial charge in [0.25, 0.3) is 0 Å². The topological polar surface area (TPSA) is 95.6 Å². The Morgan fingerprint density at radius 3 is 1.69 bits per heavy atom. The van der Waals surface area contributed by atoms with Gasteiger partial charge >= 0.3 is 0 Å². The molecule has 1 fully saturated rings. The molecule has 3 aromatic carbocycles. The van der Waals surface area contributed by atoms with Crippen molar-refractivity contribution in [3.05, 3.63) is 108 Å². The normalized spacial score (nSPS) is 17.3. The number of carbonyl (C=O) groups excluding carboxylic acids is 4. The summed E-state index contributed by atoms with van der Waals surface area (Å²) in [7, 11) is 0. The first-order valence-corrected chi connectivity index (χ1v) is 11.5. The summed E-state index contributed by atoms with van der Waals surface area (Å²) in [6.07, 6.45) is -0.244. The van der Waals surface area contributed by atoms with E-state index in [1.807, 2.05) is 91.0 Å². The molecule has 2 atom stereocenters. The predicted molar refractivity (Wildman–Crippen MR) is 130 cm³/mol. The van der Waals surface area contributed by atoms with Crippen LogP contribution in [-0.2, 0) is 38.8 Å². The second kappa shape index (κ2) is 11.2. The van der Waals surface area contributed by atoms with Crippen LogP contribution >= 0.6 is 0 Å². The summed E-state index contributed by atoms with van der Waals surface area (Å²) in [6.45, 7) is 0.583. The molecule has 7 nitrogen and oxygen atoms in total. The van der Waals surface area contributed by atoms with Crippen LogP contribution in [0.2, 0.25) is 0 Å². The van der Waals surface area contributed by atoms with Crippen LogP contribution in [0.1, 0.15) is 23.1 Å². The number of amides is 4. The number of nitrogens with one attached hydrogen (secondary N) is 2. The van der Waals surface area contributed by atoms with E-state index < -0.39 is 29.6 Å². The quantitative estimate of drug-likeness (QED) is 0.372. The SMILES string of the molecule is O=C(C[C@@H]1C(=O)N(Cc2ccccc2)C(=O)[C@H]1C(=O)NCc1ccccc1)NCc1ccccc1. The predicted octanol–water partition coefficient (Wildman–Crippen LogP) is 2.81. The van der Waals surface area contributed by atoms with Gasteiger partial charge in [0.05, 0.1) is 12.5 Å². The lowest BCUT2D eigenvalue weighted by molar-refractivity contribution is -0.142. The first kappa shape index (κ1) is 23.9. The molecule has 7 heteroatoms. The minimum absolute atomic E-state index is 0.0586. The van der Waals surface area contributed by atoms with Crippen molar-refractivity contribution in [2.45, 2.75) is 26.1 Å². The Morgan fingerprint density at radius 1 is 0.657 bits per heavy atom. The van der Waals surface area contributed by atoms with Crippen LogP contribution in [0.5, 0.6) is 0 Å². The maximum Gasteiger partial charge on any atom is 0.242 e. The molecule has 0 spiro atoms. The summed E-state index contributed by atoms with van der Waals surface area (Å²) in [5.41, 5.74) is 2.56. The van der Waals surface area contributed by atoms with E-state index in [-0.39, 0.29) is 25.4 Å². The fourth-order valence-corrected chi connectivity index (χ4v) is 4.18. The molecule has 0 unspecified atom stereocenters. The summed E-state index contributed by atoms with van der Waals surface area (Å²) in [4.78, 5) is 53.4. The molecule has 3 aromatic rings. The lowest BCUT2D eigenvalue weighted by atomic mass is 9.90. The summed E-state index contributed by atoms with van der Waals surface area (Å²) in [5, 5.41) is 5.56. The van der Waals surface area contributed by atoms with Gasteiger partial charge in [0.15, 0.2) is 0 Å². The van der Waals surface area contributed by atoms with E-state index in [0.29, 0.717) is 6.54 Å². The summed E-state index contributed by atoms with van der Waals surface area (Å²) in [5.74, 6) is -4.33. The third-order valence-corrected chi connectivity index (χ3v) is 6.03. The van der Waals surface area contributed by atoms with Gasteiger partial charge in [-0.2, -0.15) is 0 Å². The van der Waals surface area contributed by atoms with Gasteiger partial charge in [0.2, 0.25) is 23.6 Å². The smallest absolute Gasteiger partial charge is 0.242 e. The number of carbonyl (C=O) groups is 4. The van der Waals surface area contributed by atoms with Crippen molar-refractivity contribution in [1.29, 1.82) is 0 Å². The van der Waals surface area contributed by atoms with Crippen molar-refractivity contribution in [1.82, 2.24) is 15.5 Å². The van der Waals surface area contributed by atoms with Gasteiger partial charge in [0, 0.05) is 19.5 Å². The van der Waals surface area contributed by atoms with Crippen molar-refractivity contribution in [3.8, 4) is 0 Å². The van der Waals surface area contributed by atoms with Gasteiger partial charge in [-0.25, -0.2) is 0 Å². The molecule has 0 aliphatic carbocycles. The second-order valence-electron chi connectivity index (χ2n) is 8.50. The highest BCUT2D eigenvalue weighted by atomic mass is 16.2. The van der Waals surface area contributed by atoms with Crippen LogP contribution in [0.15, 0.2) is 91.0 Å². The van der Waals surface area contributed by atoms with E-state index in [1.54, 1.807) is 0 Å². The summed E-state index contributed by atoms with van der Waals surface area (Å²) in [6, 6.07) is 27.8. The Hall–Kier alpha value is -4.26. The standard InChI is InChI=1S/C28H27N3O4/c32-24(29-17-20-10-4-1-5-11-20)16-23-25(26(33)30-18-21-12-6-2-7-13-21)28(35)31(27(23)34)19-22-14-8-3-9-15-22/h1-15,23,25H,16-19H2,(H,29,32)(H,30,33)/t23-,25+/m0/s1. The maximum atomic E-state index is 13.3. The van der Waals surface area contributed by atoms with Crippen LogP contribution < -0.4 is 10.6 Å². The molecule has 1 saturated heterocycles. The molecule has 1 heterocycles. The number of benzene rings is 3. The molecule has 1 aliphatic rings. The number of likely N-dealkylation sites (tertiary alicyclic amines) is 1.